The van der Waals surface area contributed by atoms with Crippen LogP contribution in [0.25, 0.3) is 0 Å². The minimum atomic E-state index is -0.449. The zero-order valence-electron chi connectivity index (χ0n) is 10.8. The van der Waals surface area contributed by atoms with Crippen LogP contribution in [0.4, 0.5) is 4.39 Å². The summed E-state index contributed by atoms with van der Waals surface area (Å²) in [5.41, 5.74) is 0.577. The van der Waals surface area contributed by atoms with Gasteiger partial charge in [-0.05, 0) is 25.0 Å². The maximum atomic E-state index is 13.7. The molecule has 19 heavy (non-hydrogen) atoms. The van der Waals surface area contributed by atoms with Gasteiger partial charge in [-0.3, -0.25) is 4.79 Å². The molecule has 0 aliphatic rings. The van der Waals surface area contributed by atoms with Gasteiger partial charge in [0.1, 0.15) is 5.82 Å². The van der Waals surface area contributed by atoms with Crippen LogP contribution in [-0.2, 0) is 6.54 Å². The Morgan fingerprint density at radius 2 is 2.32 bits per heavy atom. The molecule has 1 amide bonds. The second-order valence-electron chi connectivity index (χ2n) is 4.35. The highest BCUT2D eigenvalue weighted by atomic mass is 19.1. The van der Waals surface area contributed by atoms with Gasteiger partial charge in [0.05, 0.1) is 11.9 Å². The van der Waals surface area contributed by atoms with Crippen LogP contribution in [0.3, 0.4) is 0 Å². The van der Waals surface area contributed by atoms with E-state index in [1.54, 1.807) is 31.6 Å². The molecular weight excluding hydrogens is 245 g/mol. The molecular formula is C14H16FN3O. The molecule has 100 valence electrons. The fourth-order valence-corrected chi connectivity index (χ4v) is 1.80. The number of carbonyl (C=O) groups is 1. The van der Waals surface area contributed by atoms with E-state index in [2.05, 4.69) is 10.3 Å². The summed E-state index contributed by atoms with van der Waals surface area (Å²) in [4.78, 5) is 15.7. The number of carbonyl (C=O) groups excluding carboxylic acids is 1. The zero-order valence-corrected chi connectivity index (χ0v) is 10.8. The Hall–Kier alpha value is -2.17. The lowest BCUT2D eigenvalue weighted by Gasteiger charge is -2.07. The lowest BCUT2D eigenvalue weighted by Crippen LogP contribution is -2.26. The number of rotatable bonds is 5. The Bertz CT molecular complexity index is 552. The van der Waals surface area contributed by atoms with Gasteiger partial charge in [0.15, 0.2) is 0 Å². The molecule has 0 bridgehead atoms. The minimum absolute atomic E-state index is 0.0997. The molecule has 0 aliphatic heterocycles. The van der Waals surface area contributed by atoms with Crippen LogP contribution in [0.2, 0.25) is 0 Å². The first-order valence-electron chi connectivity index (χ1n) is 6.17. The van der Waals surface area contributed by atoms with Crippen molar-refractivity contribution in [3.63, 3.8) is 0 Å². The van der Waals surface area contributed by atoms with E-state index in [1.165, 1.54) is 6.07 Å². The molecule has 0 aliphatic carbocycles. The van der Waals surface area contributed by atoms with Gasteiger partial charge in [-0.2, -0.15) is 0 Å². The van der Waals surface area contributed by atoms with E-state index in [-0.39, 0.29) is 11.5 Å². The van der Waals surface area contributed by atoms with Gasteiger partial charge in [0, 0.05) is 25.5 Å². The first-order valence-corrected chi connectivity index (χ1v) is 6.17. The maximum absolute atomic E-state index is 13.7. The molecule has 0 atom stereocenters. The Labute approximate surface area is 111 Å². The average molecular weight is 261 g/mol. The van der Waals surface area contributed by atoms with E-state index >= 15 is 0 Å². The van der Waals surface area contributed by atoms with Crippen molar-refractivity contribution in [3.8, 4) is 0 Å². The quantitative estimate of drug-likeness (QED) is 0.838. The number of amides is 1. The van der Waals surface area contributed by atoms with Crippen LogP contribution < -0.4 is 5.32 Å². The number of nitrogens with zero attached hydrogens (tertiary/aromatic N) is 2. The summed E-state index contributed by atoms with van der Waals surface area (Å²) in [6, 6.07) is 4.82. The van der Waals surface area contributed by atoms with E-state index in [1.807, 2.05) is 10.8 Å². The van der Waals surface area contributed by atoms with Crippen LogP contribution in [0.1, 0.15) is 22.3 Å². The van der Waals surface area contributed by atoms with Crippen LogP contribution in [0, 0.1) is 12.7 Å². The normalized spacial score (nSPS) is 10.4. The van der Waals surface area contributed by atoms with Crippen LogP contribution in [-0.4, -0.2) is 22.0 Å². The number of halogens is 1. The third-order valence-electron chi connectivity index (χ3n) is 2.87. The van der Waals surface area contributed by atoms with Crippen molar-refractivity contribution < 1.29 is 9.18 Å². The SMILES string of the molecule is Cc1cccc(C(=O)NCCCn2ccnc2)c1F. The summed E-state index contributed by atoms with van der Waals surface area (Å²) in [7, 11) is 0. The molecule has 0 fully saturated rings. The summed E-state index contributed by atoms with van der Waals surface area (Å²) < 4.78 is 15.6. The van der Waals surface area contributed by atoms with E-state index in [9.17, 15) is 9.18 Å². The molecule has 1 heterocycles. The number of aromatic nitrogens is 2. The summed E-state index contributed by atoms with van der Waals surface area (Å²) >= 11 is 0. The van der Waals surface area contributed by atoms with E-state index in [0.717, 1.165) is 13.0 Å². The number of hydrogen-bond acceptors (Lipinski definition) is 2. The van der Waals surface area contributed by atoms with Gasteiger partial charge in [-0.1, -0.05) is 12.1 Å². The predicted molar refractivity (Wildman–Crippen MR) is 70.3 cm³/mol. The number of aryl methyl sites for hydroxylation is 2. The second-order valence-corrected chi connectivity index (χ2v) is 4.35. The highest BCUT2D eigenvalue weighted by Gasteiger charge is 2.12. The predicted octanol–water partition coefficient (Wildman–Crippen LogP) is 2.15. The highest BCUT2D eigenvalue weighted by molar-refractivity contribution is 5.94. The molecule has 1 N–H and O–H groups in total. The fourth-order valence-electron chi connectivity index (χ4n) is 1.80. The Balaban J connectivity index is 1.83. The monoisotopic (exact) mass is 261 g/mol. The van der Waals surface area contributed by atoms with Crippen molar-refractivity contribution in [1.82, 2.24) is 14.9 Å². The molecule has 2 aromatic rings. The number of hydrogen-bond donors (Lipinski definition) is 1. The van der Waals surface area contributed by atoms with Crippen molar-refractivity contribution in [1.29, 1.82) is 0 Å². The molecule has 1 aromatic heterocycles. The van der Waals surface area contributed by atoms with Gasteiger partial charge in [-0.15, -0.1) is 0 Å². The van der Waals surface area contributed by atoms with Crippen molar-refractivity contribution in [2.75, 3.05) is 6.54 Å². The Morgan fingerprint density at radius 3 is 3.05 bits per heavy atom. The molecule has 0 saturated carbocycles. The molecule has 0 radical (unpaired) electrons. The van der Waals surface area contributed by atoms with E-state index in [4.69, 9.17) is 0 Å². The van der Waals surface area contributed by atoms with Crippen molar-refractivity contribution in [2.24, 2.45) is 0 Å². The lowest BCUT2D eigenvalue weighted by atomic mass is 10.1. The standard InChI is InChI=1S/C14H16FN3O/c1-11-4-2-5-12(13(11)15)14(19)17-6-3-8-18-9-7-16-10-18/h2,4-5,7,9-10H,3,6,8H2,1H3,(H,17,19). The molecule has 1 aromatic carbocycles. The Kier molecular flexibility index (Phi) is 4.28. The highest BCUT2D eigenvalue weighted by Crippen LogP contribution is 2.11. The summed E-state index contributed by atoms with van der Waals surface area (Å²) in [5, 5.41) is 2.72. The van der Waals surface area contributed by atoms with Crippen molar-refractivity contribution in [3.05, 3.63) is 53.9 Å². The van der Waals surface area contributed by atoms with E-state index in [0.29, 0.717) is 12.1 Å². The van der Waals surface area contributed by atoms with Gasteiger partial charge < -0.3 is 9.88 Å². The Morgan fingerprint density at radius 1 is 1.47 bits per heavy atom. The van der Waals surface area contributed by atoms with Crippen molar-refractivity contribution in [2.45, 2.75) is 19.9 Å². The first-order chi connectivity index (χ1) is 9.18. The molecule has 4 nitrogen and oxygen atoms in total. The van der Waals surface area contributed by atoms with Gasteiger partial charge in [-0.25, -0.2) is 9.37 Å². The summed E-state index contributed by atoms with van der Waals surface area (Å²) in [6.07, 6.45) is 6.07. The zero-order chi connectivity index (χ0) is 13.7. The lowest BCUT2D eigenvalue weighted by molar-refractivity contribution is 0.0948. The van der Waals surface area contributed by atoms with Gasteiger partial charge in [0.2, 0.25) is 0 Å². The smallest absolute Gasteiger partial charge is 0.254 e. The maximum Gasteiger partial charge on any atom is 0.254 e. The van der Waals surface area contributed by atoms with E-state index < -0.39 is 5.82 Å². The van der Waals surface area contributed by atoms with Gasteiger partial charge in [0.25, 0.3) is 5.91 Å². The first kappa shape index (κ1) is 13.3. The van der Waals surface area contributed by atoms with Crippen LogP contribution in [0.5, 0.6) is 0 Å². The van der Waals surface area contributed by atoms with Crippen LogP contribution in [0.15, 0.2) is 36.9 Å². The van der Waals surface area contributed by atoms with Gasteiger partial charge >= 0.3 is 0 Å². The molecule has 0 saturated heterocycles. The third kappa shape index (κ3) is 3.40. The third-order valence-corrected chi connectivity index (χ3v) is 2.87. The van der Waals surface area contributed by atoms with Crippen LogP contribution >= 0.6 is 0 Å². The number of imidazole rings is 1. The molecule has 0 unspecified atom stereocenters. The minimum Gasteiger partial charge on any atom is -0.352 e. The largest absolute Gasteiger partial charge is 0.352 e. The summed E-state index contributed by atoms with van der Waals surface area (Å²) in [6.45, 7) is 2.92. The topological polar surface area (TPSA) is 46.9 Å². The molecule has 5 heteroatoms. The number of benzene rings is 1. The number of nitrogens with one attached hydrogen (secondary N) is 1. The molecule has 2 rings (SSSR count). The fraction of sp³-hybridized carbons (Fsp3) is 0.286. The summed E-state index contributed by atoms with van der Waals surface area (Å²) in [5.74, 6) is -0.818. The molecule has 0 spiro atoms. The van der Waals surface area contributed by atoms with Crippen molar-refractivity contribution >= 4 is 5.91 Å². The average Bonchev–Trinajstić information content (AvgIpc) is 2.91. The second kappa shape index (κ2) is 6.13.